The van der Waals surface area contributed by atoms with Gasteiger partial charge in [-0.25, -0.2) is 0 Å². The summed E-state index contributed by atoms with van der Waals surface area (Å²) in [5.41, 5.74) is 1.57. The summed E-state index contributed by atoms with van der Waals surface area (Å²) in [6.45, 7) is 11.2. The normalized spacial score (nSPS) is 15.7. The lowest BCUT2D eigenvalue weighted by Gasteiger charge is -2.31. The molecule has 0 heterocycles. The molecule has 1 nitrogen and oxygen atoms in total. The minimum Gasteiger partial charge on any atom is -0.307 e. The lowest BCUT2D eigenvalue weighted by atomic mass is 9.87. The van der Waals surface area contributed by atoms with Crippen molar-refractivity contribution < 1.29 is 0 Å². The molecule has 17 heavy (non-hydrogen) atoms. The van der Waals surface area contributed by atoms with E-state index in [9.17, 15) is 0 Å². The number of nitrogens with one attached hydrogen (secondary N) is 1. The Labute approximate surface area is 122 Å². The van der Waals surface area contributed by atoms with Crippen LogP contribution in [0.2, 0.25) is 0 Å². The van der Waals surface area contributed by atoms with Crippen LogP contribution in [0, 0.1) is 5.41 Å². The molecule has 0 aromatic heterocycles. The van der Waals surface area contributed by atoms with Crippen LogP contribution in [0.4, 0.5) is 0 Å². The van der Waals surface area contributed by atoms with Crippen LogP contribution in [0.1, 0.15) is 46.2 Å². The van der Waals surface area contributed by atoms with E-state index in [4.69, 9.17) is 0 Å². The van der Waals surface area contributed by atoms with Gasteiger partial charge in [0.05, 0.1) is 0 Å². The lowest BCUT2D eigenvalue weighted by molar-refractivity contribution is 0.268. The third-order valence-corrected chi connectivity index (χ3v) is 4.41. The van der Waals surface area contributed by atoms with E-state index in [1.807, 2.05) is 0 Å². The summed E-state index contributed by atoms with van der Waals surface area (Å²) < 4.78 is 2.25. The van der Waals surface area contributed by atoms with Crippen LogP contribution in [0.25, 0.3) is 0 Å². The first kappa shape index (κ1) is 15.2. The molecule has 0 saturated carbocycles. The van der Waals surface area contributed by atoms with Crippen molar-refractivity contribution in [1.82, 2.24) is 5.32 Å². The average molecular weight is 363 g/mol. The van der Waals surface area contributed by atoms with Gasteiger partial charge < -0.3 is 5.32 Å². The fourth-order valence-electron chi connectivity index (χ4n) is 1.57. The van der Waals surface area contributed by atoms with Crippen LogP contribution in [0.3, 0.4) is 0 Å². The second kappa shape index (κ2) is 5.85. The largest absolute Gasteiger partial charge is 0.307 e. The smallest absolute Gasteiger partial charge is 0.0305 e. The zero-order valence-electron chi connectivity index (χ0n) is 11.1. The van der Waals surface area contributed by atoms with E-state index in [0.717, 1.165) is 8.95 Å². The van der Waals surface area contributed by atoms with Crippen molar-refractivity contribution >= 4 is 31.9 Å². The molecule has 96 valence electrons. The van der Waals surface area contributed by atoms with E-state index in [0.29, 0.717) is 12.1 Å². The Kier molecular flexibility index (Phi) is 5.23. The zero-order chi connectivity index (χ0) is 13.2. The summed E-state index contributed by atoms with van der Waals surface area (Å²) in [6, 6.07) is 7.14. The van der Waals surface area contributed by atoms with Gasteiger partial charge in [0.1, 0.15) is 0 Å². The molecule has 0 bridgehead atoms. The SMILES string of the molecule is CC(NC(C)C(C)(C)C)c1ccc(Br)cc1Br. The molecule has 0 aliphatic carbocycles. The van der Waals surface area contributed by atoms with E-state index < -0.39 is 0 Å². The standard InChI is InChI=1S/C14H21Br2N/c1-9(17-10(2)14(3,4)5)12-7-6-11(15)8-13(12)16/h6-10,17H,1-5H3. The van der Waals surface area contributed by atoms with E-state index in [1.54, 1.807) is 0 Å². The van der Waals surface area contributed by atoms with Gasteiger partial charge in [-0.2, -0.15) is 0 Å². The van der Waals surface area contributed by atoms with Crippen molar-refractivity contribution in [2.75, 3.05) is 0 Å². The van der Waals surface area contributed by atoms with Gasteiger partial charge >= 0.3 is 0 Å². The molecule has 3 heteroatoms. The first-order valence-corrected chi connectivity index (χ1v) is 7.51. The van der Waals surface area contributed by atoms with Crippen LogP contribution in [-0.4, -0.2) is 6.04 Å². The van der Waals surface area contributed by atoms with Gasteiger partial charge in [0.2, 0.25) is 0 Å². The Morgan fingerprint density at radius 2 is 1.71 bits per heavy atom. The Morgan fingerprint density at radius 3 is 2.18 bits per heavy atom. The van der Waals surface area contributed by atoms with Crippen LogP contribution in [-0.2, 0) is 0 Å². The number of hydrogen-bond acceptors (Lipinski definition) is 1. The van der Waals surface area contributed by atoms with Crippen LogP contribution >= 0.6 is 31.9 Å². The summed E-state index contributed by atoms with van der Waals surface area (Å²) >= 11 is 7.10. The average Bonchev–Trinajstić information content (AvgIpc) is 2.15. The topological polar surface area (TPSA) is 12.0 Å². The van der Waals surface area contributed by atoms with Gasteiger partial charge in [-0.05, 0) is 37.0 Å². The first-order chi connectivity index (χ1) is 7.71. The summed E-state index contributed by atoms with van der Waals surface area (Å²) in [4.78, 5) is 0. The van der Waals surface area contributed by atoms with E-state index in [1.165, 1.54) is 5.56 Å². The van der Waals surface area contributed by atoms with Gasteiger partial charge in [0.15, 0.2) is 0 Å². The molecule has 1 aromatic carbocycles. The molecule has 1 rings (SSSR count). The van der Waals surface area contributed by atoms with Crippen molar-refractivity contribution in [3.8, 4) is 0 Å². The van der Waals surface area contributed by atoms with Gasteiger partial charge in [-0.3, -0.25) is 0 Å². The summed E-state index contributed by atoms with van der Waals surface area (Å²) in [7, 11) is 0. The number of benzene rings is 1. The van der Waals surface area contributed by atoms with Crippen molar-refractivity contribution in [1.29, 1.82) is 0 Å². The third-order valence-electron chi connectivity index (χ3n) is 3.23. The predicted molar refractivity (Wildman–Crippen MR) is 82.3 cm³/mol. The maximum Gasteiger partial charge on any atom is 0.0305 e. The summed E-state index contributed by atoms with van der Waals surface area (Å²) in [5, 5.41) is 3.65. The molecule has 1 N–H and O–H groups in total. The highest BCUT2D eigenvalue weighted by Crippen LogP contribution is 2.28. The van der Waals surface area contributed by atoms with Crippen molar-refractivity contribution in [2.24, 2.45) is 5.41 Å². The molecule has 0 fully saturated rings. The predicted octanol–water partition coefficient (Wildman–Crippen LogP) is 5.30. The van der Waals surface area contributed by atoms with E-state index >= 15 is 0 Å². The molecular weight excluding hydrogens is 342 g/mol. The highest BCUT2D eigenvalue weighted by atomic mass is 79.9. The van der Waals surface area contributed by atoms with Gasteiger partial charge in [0, 0.05) is 21.0 Å². The van der Waals surface area contributed by atoms with Crippen LogP contribution < -0.4 is 5.32 Å². The summed E-state index contributed by atoms with van der Waals surface area (Å²) in [5.74, 6) is 0. The van der Waals surface area contributed by atoms with Crippen molar-refractivity contribution in [2.45, 2.75) is 46.7 Å². The molecule has 0 saturated heterocycles. The number of hydrogen-bond donors (Lipinski definition) is 1. The van der Waals surface area contributed by atoms with E-state index in [-0.39, 0.29) is 5.41 Å². The van der Waals surface area contributed by atoms with Crippen molar-refractivity contribution in [3.63, 3.8) is 0 Å². The molecular formula is C14H21Br2N. The maximum atomic E-state index is 3.65. The minimum atomic E-state index is 0.274. The molecule has 2 unspecified atom stereocenters. The van der Waals surface area contributed by atoms with Crippen molar-refractivity contribution in [3.05, 3.63) is 32.7 Å². The van der Waals surface area contributed by atoms with Crippen LogP contribution in [0.5, 0.6) is 0 Å². The van der Waals surface area contributed by atoms with E-state index in [2.05, 4.69) is 90.0 Å². The molecule has 0 radical (unpaired) electrons. The molecule has 2 atom stereocenters. The Bertz CT molecular complexity index is 382. The number of rotatable bonds is 3. The molecule has 0 amide bonds. The minimum absolute atomic E-state index is 0.274. The second-order valence-electron chi connectivity index (χ2n) is 5.64. The highest BCUT2D eigenvalue weighted by Gasteiger charge is 2.22. The molecule has 0 aliphatic rings. The summed E-state index contributed by atoms with van der Waals surface area (Å²) in [6.07, 6.45) is 0. The Hall–Kier alpha value is 0.140. The fraction of sp³-hybridized carbons (Fsp3) is 0.571. The maximum absolute atomic E-state index is 3.65. The Morgan fingerprint density at radius 1 is 1.12 bits per heavy atom. The molecule has 0 aliphatic heterocycles. The second-order valence-corrected chi connectivity index (χ2v) is 7.41. The van der Waals surface area contributed by atoms with Crippen LogP contribution in [0.15, 0.2) is 27.1 Å². The number of halogens is 2. The Balaban J connectivity index is 2.80. The van der Waals surface area contributed by atoms with Gasteiger partial charge in [-0.1, -0.05) is 58.7 Å². The van der Waals surface area contributed by atoms with Gasteiger partial charge in [-0.15, -0.1) is 0 Å². The zero-order valence-corrected chi connectivity index (χ0v) is 14.3. The first-order valence-electron chi connectivity index (χ1n) is 5.93. The quantitative estimate of drug-likeness (QED) is 0.769. The third kappa shape index (κ3) is 4.38. The molecule has 1 aromatic rings. The fourth-order valence-corrected chi connectivity index (χ4v) is 2.96. The highest BCUT2D eigenvalue weighted by molar-refractivity contribution is 9.11. The molecule has 0 spiro atoms. The lowest BCUT2D eigenvalue weighted by Crippen LogP contribution is -2.39. The van der Waals surface area contributed by atoms with Gasteiger partial charge in [0.25, 0.3) is 0 Å². The monoisotopic (exact) mass is 361 g/mol.